The Balaban J connectivity index is 1.32. The molecule has 13 heteroatoms. The van der Waals surface area contributed by atoms with Crippen LogP contribution in [0.1, 0.15) is 0 Å². The van der Waals surface area contributed by atoms with Crippen LogP contribution in [0.5, 0.6) is 11.5 Å². The minimum absolute atomic E-state index is 0.0283. The van der Waals surface area contributed by atoms with Gasteiger partial charge in [0.15, 0.2) is 16.3 Å². The van der Waals surface area contributed by atoms with Crippen LogP contribution >= 0.6 is 11.3 Å². The first-order valence-electron chi connectivity index (χ1n) is 11.0. The van der Waals surface area contributed by atoms with Gasteiger partial charge < -0.3 is 23.8 Å². The molecular formula is C22H25N7O5S. The summed E-state index contributed by atoms with van der Waals surface area (Å²) < 4.78 is 15.7. The molecule has 12 nitrogen and oxygen atoms in total. The van der Waals surface area contributed by atoms with Gasteiger partial charge in [0.05, 0.1) is 20.5 Å². The topological polar surface area (TPSA) is 117 Å². The third-order valence-corrected chi connectivity index (χ3v) is 7.46. The molecule has 35 heavy (non-hydrogen) atoms. The van der Waals surface area contributed by atoms with E-state index in [2.05, 4.69) is 9.88 Å². The Hall–Kier alpha value is -3.87. The van der Waals surface area contributed by atoms with Crippen molar-refractivity contribution in [2.45, 2.75) is 6.54 Å². The van der Waals surface area contributed by atoms with Gasteiger partial charge in [-0.1, -0.05) is 11.3 Å². The molecular weight excluding hydrogens is 474 g/mol. The molecule has 3 aromatic heterocycles. The van der Waals surface area contributed by atoms with Crippen LogP contribution in [0.15, 0.2) is 28.0 Å². The van der Waals surface area contributed by atoms with Crippen LogP contribution in [0.2, 0.25) is 0 Å². The molecule has 1 aliphatic heterocycles. The van der Waals surface area contributed by atoms with Gasteiger partial charge in [-0.05, 0) is 12.1 Å². The zero-order chi connectivity index (χ0) is 24.9. The van der Waals surface area contributed by atoms with Crippen LogP contribution in [0.4, 0.5) is 5.13 Å². The van der Waals surface area contributed by atoms with Crippen LogP contribution < -0.4 is 25.6 Å². The highest BCUT2D eigenvalue weighted by atomic mass is 32.1. The number of ether oxygens (including phenoxy) is 2. The molecule has 0 atom stereocenters. The van der Waals surface area contributed by atoms with Gasteiger partial charge in [-0.3, -0.25) is 18.7 Å². The van der Waals surface area contributed by atoms with Crippen LogP contribution in [0, 0.1) is 0 Å². The molecule has 1 aromatic carbocycles. The molecule has 1 aliphatic rings. The molecule has 0 bridgehead atoms. The Bertz CT molecular complexity index is 1520. The molecule has 0 spiro atoms. The number of benzene rings is 1. The lowest BCUT2D eigenvalue weighted by Gasteiger charge is -2.34. The zero-order valence-corrected chi connectivity index (χ0v) is 20.7. The van der Waals surface area contributed by atoms with E-state index in [0.717, 1.165) is 25.7 Å². The van der Waals surface area contributed by atoms with Gasteiger partial charge >= 0.3 is 5.69 Å². The van der Waals surface area contributed by atoms with Crippen molar-refractivity contribution in [3.8, 4) is 11.5 Å². The molecule has 0 radical (unpaired) electrons. The van der Waals surface area contributed by atoms with E-state index in [-0.39, 0.29) is 23.6 Å². The van der Waals surface area contributed by atoms with Crippen molar-refractivity contribution in [1.29, 1.82) is 0 Å². The number of piperazine rings is 1. The molecule has 184 valence electrons. The fourth-order valence-corrected chi connectivity index (χ4v) is 5.45. The normalized spacial score (nSPS) is 14.2. The number of aryl methyl sites for hydroxylation is 1. The number of rotatable bonds is 5. The number of nitrogens with zero attached hydrogens (tertiary/aromatic N) is 7. The summed E-state index contributed by atoms with van der Waals surface area (Å²) in [6.07, 6.45) is 1.43. The van der Waals surface area contributed by atoms with Gasteiger partial charge in [0, 0.05) is 40.3 Å². The maximum absolute atomic E-state index is 13.0. The van der Waals surface area contributed by atoms with Crippen LogP contribution in [0.3, 0.4) is 0 Å². The van der Waals surface area contributed by atoms with E-state index in [9.17, 15) is 14.4 Å². The number of carbonyl (C=O) groups is 1. The van der Waals surface area contributed by atoms with Crippen LogP contribution in [-0.2, 0) is 25.4 Å². The predicted molar refractivity (Wildman–Crippen MR) is 132 cm³/mol. The standard InChI is InChI=1S/C22H25N7O5S/c1-25-19-17(20(31)26(2)22(25)32)29(12-23-19)11-15(30)27-7-9-28(10-8-27)21-24-16-13(33-3)5-6-14(34-4)18(16)35-21/h5-6,12H,7-11H2,1-4H3. The number of imidazole rings is 1. The second-order valence-electron chi connectivity index (χ2n) is 8.26. The number of carbonyl (C=O) groups excluding carboxylic acids is 1. The van der Waals surface area contributed by atoms with Gasteiger partial charge in [0.1, 0.15) is 28.3 Å². The molecule has 4 aromatic rings. The summed E-state index contributed by atoms with van der Waals surface area (Å²) in [6.45, 7) is 2.26. The fourth-order valence-electron chi connectivity index (χ4n) is 4.32. The van der Waals surface area contributed by atoms with Crippen molar-refractivity contribution < 1.29 is 14.3 Å². The molecule has 1 amide bonds. The van der Waals surface area contributed by atoms with Gasteiger partial charge in [0.25, 0.3) is 5.56 Å². The van der Waals surface area contributed by atoms with Crippen molar-refractivity contribution >= 4 is 43.8 Å². The van der Waals surface area contributed by atoms with Crippen molar-refractivity contribution in [2.75, 3.05) is 45.3 Å². The molecule has 0 N–H and O–H groups in total. The lowest BCUT2D eigenvalue weighted by molar-refractivity contribution is -0.132. The first-order chi connectivity index (χ1) is 16.8. The zero-order valence-electron chi connectivity index (χ0n) is 19.8. The Morgan fingerprint density at radius 2 is 1.71 bits per heavy atom. The summed E-state index contributed by atoms with van der Waals surface area (Å²) in [5.74, 6) is 1.32. The summed E-state index contributed by atoms with van der Waals surface area (Å²) in [5.41, 5.74) is 0.324. The van der Waals surface area contributed by atoms with E-state index < -0.39 is 11.2 Å². The summed E-state index contributed by atoms with van der Waals surface area (Å²) in [7, 11) is 6.21. The lowest BCUT2D eigenvalue weighted by Crippen LogP contribution is -2.49. The van der Waals surface area contributed by atoms with E-state index in [4.69, 9.17) is 14.5 Å². The highest BCUT2D eigenvalue weighted by Crippen LogP contribution is 2.40. The van der Waals surface area contributed by atoms with Crippen molar-refractivity contribution in [3.63, 3.8) is 0 Å². The second kappa shape index (κ2) is 8.73. The highest BCUT2D eigenvalue weighted by molar-refractivity contribution is 7.22. The smallest absolute Gasteiger partial charge is 0.332 e. The summed E-state index contributed by atoms with van der Waals surface area (Å²) in [4.78, 5) is 50.7. The highest BCUT2D eigenvalue weighted by Gasteiger charge is 2.25. The number of aromatic nitrogens is 5. The third-order valence-electron chi connectivity index (χ3n) is 6.32. The number of anilines is 1. The average molecular weight is 500 g/mol. The van der Waals surface area contributed by atoms with E-state index in [1.54, 1.807) is 26.2 Å². The van der Waals surface area contributed by atoms with Crippen LogP contribution in [-0.4, -0.2) is 74.9 Å². The Kier molecular flexibility index (Phi) is 5.71. The molecule has 0 saturated carbocycles. The number of hydrogen-bond acceptors (Lipinski definition) is 9. The number of hydrogen-bond donors (Lipinski definition) is 0. The van der Waals surface area contributed by atoms with Gasteiger partial charge in [-0.15, -0.1) is 0 Å². The predicted octanol–water partition coefficient (Wildman–Crippen LogP) is 0.409. The second-order valence-corrected chi connectivity index (χ2v) is 9.24. The third kappa shape index (κ3) is 3.71. The van der Waals surface area contributed by atoms with Crippen molar-refractivity contribution in [3.05, 3.63) is 39.3 Å². The van der Waals surface area contributed by atoms with E-state index >= 15 is 0 Å². The quantitative estimate of drug-likeness (QED) is 0.388. The van der Waals surface area contributed by atoms with Gasteiger partial charge in [-0.2, -0.15) is 0 Å². The van der Waals surface area contributed by atoms with E-state index in [1.807, 2.05) is 12.1 Å². The fraction of sp³-hybridized carbons (Fsp3) is 0.409. The molecule has 5 rings (SSSR count). The number of fused-ring (bicyclic) bond motifs is 2. The molecule has 4 heterocycles. The minimum atomic E-state index is -0.472. The summed E-state index contributed by atoms with van der Waals surface area (Å²) in [5, 5.41) is 0.847. The Morgan fingerprint density at radius 1 is 1.03 bits per heavy atom. The van der Waals surface area contributed by atoms with Gasteiger partial charge in [0.2, 0.25) is 5.91 Å². The minimum Gasteiger partial charge on any atom is -0.495 e. The van der Waals surface area contributed by atoms with Crippen molar-refractivity contribution in [2.24, 2.45) is 14.1 Å². The number of amides is 1. The molecule has 0 unspecified atom stereocenters. The average Bonchev–Trinajstić information content (AvgIpc) is 3.51. The summed E-state index contributed by atoms with van der Waals surface area (Å²) in [6, 6.07) is 3.71. The number of methoxy groups -OCH3 is 2. The van der Waals surface area contributed by atoms with E-state index in [1.165, 1.54) is 33.8 Å². The molecule has 1 saturated heterocycles. The maximum Gasteiger partial charge on any atom is 0.332 e. The monoisotopic (exact) mass is 499 g/mol. The van der Waals surface area contributed by atoms with Crippen molar-refractivity contribution in [1.82, 2.24) is 28.6 Å². The first kappa shape index (κ1) is 22.9. The first-order valence-corrected chi connectivity index (χ1v) is 11.8. The maximum atomic E-state index is 13.0. The largest absolute Gasteiger partial charge is 0.495 e. The van der Waals surface area contributed by atoms with E-state index in [0.29, 0.717) is 31.9 Å². The van der Waals surface area contributed by atoms with Crippen LogP contribution in [0.25, 0.3) is 21.4 Å². The Labute approximate surface area is 203 Å². The Morgan fingerprint density at radius 3 is 2.40 bits per heavy atom. The SMILES string of the molecule is COc1ccc(OC)c2sc(N3CCN(C(=O)Cn4cnc5c4c(=O)n(C)c(=O)n5C)CC3)nc12. The summed E-state index contributed by atoms with van der Waals surface area (Å²) >= 11 is 1.53. The molecule has 1 fully saturated rings. The lowest BCUT2D eigenvalue weighted by atomic mass is 10.3. The number of thiazole rings is 1. The van der Waals surface area contributed by atoms with Gasteiger partial charge in [-0.25, -0.2) is 14.8 Å². The molecule has 0 aliphatic carbocycles.